The van der Waals surface area contributed by atoms with Crippen LogP contribution in [0.25, 0.3) is 11.3 Å². The normalized spacial score (nSPS) is 14.4. The Morgan fingerprint density at radius 3 is 2.52 bits per heavy atom. The third-order valence-electron chi connectivity index (χ3n) is 4.27. The van der Waals surface area contributed by atoms with Crippen LogP contribution in [0.1, 0.15) is 16.4 Å². The van der Waals surface area contributed by atoms with Crippen LogP contribution in [0, 0.1) is 0 Å². The molecule has 1 aliphatic heterocycles. The predicted octanol–water partition coefficient (Wildman–Crippen LogP) is 3.95. The number of hydrogen-bond acceptors (Lipinski definition) is 3. The van der Waals surface area contributed by atoms with Gasteiger partial charge < -0.3 is 4.90 Å². The van der Waals surface area contributed by atoms with E-state index in [2.05, 4.69) is 10.3 Å². The molecule has 0 bridgehead atoms. The number of rotatable bonds is 3. The molecule has 126 valence electrons. The number of benzene rings is 2. The Morgan fingerprint density at radius 1 is 1.04 bits per heavy atom. The highest BCUT2D eigenvalue weighted by Gasteiger charge is 2.33. The monoisotopic (exact) mass is 372 g/mol. The van der Waals surface area contributed by atoms with E-state index in [-0.39, 0.29) is 11.9 Å². The Labute approximate surface area is 154 Å². The zero-order chi connectivity index (χ0) is 17.4. The Kier molecular flexibility index (Phi) is 4.19. The number of carbonyl (C=O) groups excluding carboxylic acids is 1. The van der Waals surface area contributed by atoms with Crippen molar-refractivity contribution < 1.29 is 4.79 Å². The molecule has 2 aromatic carbocycles. The molecule has 0 saturated carbocycles. The fraction of sp³-hybridized carbons (Fsp3) is 0.167. The van der Waals surface area contributed by atoms with Crippen LogP contribution in [0.2, 0.25) is 10.0 Å². The number of likely N-dealkylation sites (tertiary alicyclic amines) is 1. The molecule has 2 heterocycles. The molecular formula is C18H14Cl2N4O. The van der Waals surface area contributed by atoms with Gasteiger partial charge in [-0.05, 0) is 18.2 Å². The van der Waals surface area contributed by atoms with Crippen LogP contribution in [0.3, 0.4) is 0 Å². The average molecular weight is 373 g/mol. The van der Waals surface area contributed by atoms with E-state index < -0.39 is 0 Å². The highest BCUT2D eigenvalue weighted by Crippen LogP contribution is 2.27. The van der Waals surface area contributed by atoms with E-state index in [4.69, 9.17) is 23.2 Å². The zero-order valence-electron chi connectivity index (χ0n) is 13.1. The Morgan fingerprint density at radius 2 is 1.80 bits per heavy atom. The number of aromatic nitrogens is 3. The zero-order valence-corrected chi connectivity index (χ0v) is 14.7. The maximum atomic E-state index is 12.5. The molecule has 5 nitrogen and oxygen atoms in total. The van der Waals surface area contributed by atoms with Crippen LogP contribution in [0.5, 0.6) is 0 Å². The summed E-state index contributed by atoms with van der Waals surface area (Å²) < 4.78 is 1.82. The summed E-state index contributed by atoms with van der Waals surface area (Å²) in [5, 5.41) is 9.24. The van der Waals surface area contributed by atoms with Gasteiger partial charge in [-0.3, -0.25) is 4.79 Å². The fourth-order valence-corrected chi connectivity index (χ4v) is 3.09. The molecule has 0 radical (unpaired) electrons. The summed E-state index contributed by atoms with van der Waals surface area (Å²) in [4.78, 5) is 14.2. The first kappa shape index (κ1) is 16.1. The van der Waals surface area contributed by atoms with Gasteiger partial charge in [-0.2, -0.15) is 0 Å². The second-order valence-corrected chi connectivity index (χ2v) is 6.76. The van der Waals surface area contributed by atoms with Crippen LogP contribution in [0.15, 0.2) is 54.7 Å². The number of hydrogen-bond donors (Lipinski definition) is 0. The van der Waals surface area contributed by atoms with Crippen molar-refractivity contribution >= 4 is 29.1 Å². The van der Waals surface area contributed by atoms with Gasteiger partial charge in [0.2, 0.25) is 0 Å². The van der Waals surface area contributed by atoms with Gasteiger partial charge in [0.15, 0.2) is 0 Å². The quantitative estimate of drug-likeness (QED) is 0.699. The van der Waals surface area contributed by atoms with Gasteiger partial charge in [-0.1, -0.05) is 58.7 Å². The van der Waals surface area contributed by atoms with E-state index in [0.29, 0.717) is 28.7 Å². The van der Waals surface area contributed by atoms with E-state index in [1.165, 1.54) is 0 Å². The Hall–Kier alpha value is -2.37. The standard InChI is InChI=1S/C18H14Cl2N4O/c19-15-7-6-13(8-16(15)20)18(25)23-9-14(10-23)24-11-17(21-22-24)12-4-2-1-3-5-12/h1-8,11,14H,9-10H2. The average Bonchev–Trinajstić information content (AvgIpc) is 3.06. The number of amides is 1. The molecule has 0 N–H and O–H groups in total. The Balaban J connectivity index is 1.43. The first-order valence-electron chi connectivity index (χ1n) is 7.83. The summed E-state index contributed by atoms with van der Waals surface area (Å²) in [6.45, 7) is 1.19. The maximum Gasteiger partial charge on any atom is 0.254 e. The number of nitrogens with zero attached hydrogens (tertiary/aromatic N) is 4. The topological polar surface area (TPSA) is 51.0 Å². The molecule has 0 atom stereocenters. The second-order valence-electron chi connectivity index (χ2n) is 5.94. The molecule has 0 aliphatic carbocycles. The lowest BCUT2D eigenvalue weighted by Crippen LogP contribution is -2.50. The lowest BCUT2D eigenvalue weighted by atomic mass is 10.1. The van der Waals surface area contributed by atoms with Gasteiger partial charge in [-0.25, -0.2) is 4.68 Å². The molecule has 0 spiro atoms. The largest absolute Gasteiger partial charge is 0.334 e. The van der Waals surface area contributed by atoms with Gasteiger partial charge in [0, 0.05) is 24.2 Å². The molecule has 1 aromatic heterocycles. The van der Waals surface area contributed by atoms with Gasteiger partial charge in [-0.15, -0.1) is 5.10 Å². The first-order valence-corrected chi connectivity index (χ1v) is 8.59. The van der Waals surface area contributed by atoms with Crippen LogP contribution in [-0.4, -0.2) is 38.9 Å². The van der Waals surface area contributed by atoms with Crippen LogP contribution in [0.4, 0.5) is 0 Å². The molecule has 3 aromatic rings. The first-order chi connectivity index (χ1) is 12.1. The van der Waals surface area contributed by atoms with Crippen molar-refractivity contribution in [2.45, 2.75) is 6.04 Å². The SMILES string of the molecule is O=C(c1ccc(Cl)c(Cl)c1)N1CC(n2cc(-c3ccccc3)nn2)C1. The molecule has 0 unspecified atom stereocenters. The van der Waals surface area contributed by atoms with E-state index in [9.17, 15) is 4.79 Å². The number of carbonyl (C=O) groups is 1. The Bertz CT molecular complexity index is 920. The van der Waals surface area contributed by atoms with Crippen molar-refractivity contribution in [3.63, 3.8) is 0 Å². The van der Waals surface area contributed by atoms with Crippen LogP contribution in [-0.2, 0) is 0 Å². The predicted molar refractivity (Wildman–Crippen MR) is 96.9 cm³/mol. The fourth-order valence-electron chi connectivity index (χ4n) is 2.80. The van der Waals surface area contributed by atoms with Crippen molar-refractivity contribution in [1.82, 2.24) is 19.9 Å². The molecule has 1 fully saturated rings. The van der Waals surface area contributed by atoms with Crippen molar-refractivity contribution in [1.29, 1.82) is 0 Å². The molecular weight excluding hydrogens is 359 g/mol. The van der Waals surface area contributed by atoms with E-state index >= 15 is 0 Å². The van der Waals surface area contributed by atoms with Crippen molar-refractivity contribution in [2.24, 2.45) is 0 Å². The molecule has 7 heteroatoms. The van der Waals surface area contributed by atoms with E-state index in [1.807, 2.05) is 41.2 Å². The van der Waals surface area contributed by atoms with E-state index in [1.54, 1.807) is 23.1 Å². The lowest BCUT2D eigenvalue weighted by molar-refractivity contribution is 0.0498. The molecule has 4 rings (SSSR count). The van der Waals surface area contributed by atoms with Gasteiger partial charge in [0.1, 0.15) is 5.69 Å². The van der Waals surface area contributed by atoms with Crippen molar-refractivity contribution in [3.05, 3.63) is 70.3 Å². The summed E-state index contributed by atoms with van der Waals surface area (Å²) in [5.74, 6) is -0.0572. The minimum atomic E-state index is -0.0572. The van der Waals surface area contributed by atoms with Gasteiger partial charge in [0.05, 0.1) is 22.3 Å². The summed E-state index contributed by atoms with van der Waals surface area (Å²) in [6, 6.07) is 15.0. The van der Waals surface area contributed by atoms with Gasteiger partial charge in [0.25, 0.3) is 5.91 Å². The highest BCUT2D eigenvalue weighted by atomic mass is 35.5. The third kappa shape index (κ3) is 3.13. The molecule has 25 heavy (non-hydrogen) atoms. The smallest absolute Gasteiger partial charge is 0.254 e. The van der Waals surface area contributed by atoms with Gasteiger partial charge >= 0.3 is 0 Å². The van der Waals surface area contributed by atoms with E-state index in [0.717, 1.165) is 11.3 Å². The number of halogens is 2. The summed E-state index contributed by atoms with van der Waals surface area (Å²) in [7, 11) is 0. The summed E-state index contributed by atoms with van der Waals surface area (Å²) in [5.41, 5.74) is 2.39. The molecule has 1 aliphatic rings. The second kappa shape index (κ2) is 6.50. The minimum Gasteiger partial charge on any atom is -0.334 e. The van der Waals surface area contributed by atoms with Crippen LogP contribution >= 0.6 is 23.2 Å². The highest BCUT2D eigenvalue weighted by molar-refractivity contribution is 6.42. The molecule has 1 amide bonds. The van der Waals surface area contributed by atoms with Crippen LogP contribution < -0.4 is 0 Å². The minimum absolute atomic E-state index is 0.0572. The molecule has 1 saturated heterocycles. The third-order valence-corrected chi connectivity index (χ3v) is 5.01. The summed E-state index contributed by atoms with van der Waals surface area (Å²) in [6.07, 6.45) is 1.92. The van der Waals surface area contributed by atoms with Crippen molar-refractivity contribution in [3.8, 4) is 11.3 Å². The lowest BCUT2D eigenvalue weighted by Gasteiger charge is -2.38. The van der Waals surface area contributed by atoms with Crippen molar-refractivity contribution in [2.75, 3.05) is 13.1 Å². The summed E-state index contributed by atoms with van der Waals surface area (Å²) >= 11 is 11.9. The maximum absolute atomic E-state index is 12.5.